The minimum Gasteiger partial charge on any atom is -0.479 e. The Morgan fingerprint density at radius 2 is 0.676 bits per heavy atom. The molecule has 0 saturated carbocycles. The van der Waals surface area contributed by atoms with Crippen LogP contribution in [0.25, 0.3) is 0 Å². The SMILES string of the molecule is CCCCCCCCCCCCCC1=NCCO1.CCCCCCCCCCCCCCC1=NCCO1. The predicted molar refractivity (Wildman–Crippen MR) is 163 cm³/mol. The molecule has 2 rings (SSSR count). The van der Waals surface area contributed by atoms with Crippen LogP contribution in [-0.2, 0) is 9.47 Å². The highest BCUT2D eigenvalue weighted by Crippen LogP contribution is 2.14. The molecule has 4 nitrogen and oxygen atoms in total. The lowest BCUT2D eigenvalue weighted by atomic mass is 10.0. The first kappa shape index (κ1) is 34.0. The largest absolute Gasteiger partial charge is 0.479 e. The maximum Gasteiger partial charge on any atom is 0.183 e. The first-order chi connectivity index (χ1) is 18.4. The molecule has 2 aliphatic heterocycles. The smallest absolute Gasteiger partial charge is 0.183 e. The van der Waals surface area contributed by atoms with Gasteiger partial charge in [0.1, 0.15) is 13.2 Å². The van der Waals surface area contributed by atoms with Crippen LogP contribution in [0.2, 0.25) is 0 Å². The number of unbranched alkanes of at least 4 members (excludes halogenated alkanes) is 21. The Bertz CT molecular complexity index is 532. The maximum atomic E-state index is 5.40. The highest BCUT2D eigenvalue weighted by Gasteiger charge is 2.06. The summed E-state index contributed by atoms with van der Waals surface area (Å²) in [5.74, 6) is 2.01. The molecule has 2 aliphatic rings. The van der Waals surface area contributed by atoms with Gasteiger partial charge in [-0.25, -0.2) is 0 Å². The summed E-state index contributed by atoms with van der Waals surface area (Å²) >= 11 is 0. The van der Waals surface area contributed by atoms with Crippen LogP contribution < -0.4 is 0 Å². The number of ether oxygens (including phenoxy) is 2. The third-order valence-corrected chi connectivity index (χ3v) is 7.53. The molecular formula is C33H64N2O2. The summed E-state index contributed by atoms with van der Waals surface area (Å²) < 4.78 is 10.8. The lowest BCUT2D eigenvalue weighted by molar-refractivity contribution is 0.336. The number of nitrogens with zero attached hydrogens (tertiary/aromatic N) is 2. The van der Waals surface area contributed by atoms with Crippen LogP contribution in [0, 0.1) is 0 Å². The maximum absolute atomic E-state index is 5.40. The van der Waals surface area contributed by atoms with E-state index >= 15 is 0 Å². The Hall–Kier alpha value is -1.06. The zero-order valence-corrected chi connectivity index (χ0v) is 25.2. The second-order valence-corrected chi connectivity index (χ2v) is 11.2. The summed E-state index contributed by atoms with van der Waals surface area (Å²) in [7, 11) is 0. The lowest BCUT2D eigenvalue weighted by Crippen LogP contribution is -1.98. The van der Waals surface area contributed by atoms with Crippen molar-refractivity contribution in [3.8, 4) is 0 Å². The van der Waals surface area contributed by atoms with Crippen LogP contribution in [0.4, 0.5) is 0 Å². The molecule has 0 amide bonds. The molecule has 0 saturated heterocycles. The summed E-state index contributed by atoms with van der Waals surface area (Å²) in [5, 5.41) is 0. The van der Waals surface area contributed by atoms with Crippen LogP contribution in [0.5, 0.6) is 0 Å². The minimum atomic E-state index is 0.813. The predicted octanol–water partition coefficient (Wildman–Crippen LogP) is 10.6. The summed E-state index contributed by atoms with van der Waals surface area (Å²) in [4.78, 5) is 8.63. The topological polar surface area (TPSA) is 43.2 Å². The van der Waals surface area contributed by atoms with E-state index in [1.165, 1.54) is 148 Å². The van der Waals surface area contributed by atoms with Crippen LogP contribution in [0.1, 0.15) is 174 Å². The van der Waals surface area contributed by atoms with E-state index in [9.17, 15) is 0 Å². The molecule has 37 heavy (non-hydrogen) atoms. The van der Waals surface area contributed by atoms with Crippen molar-refractivity contribution < 1.29 is 9.47 Å². The van der Waals surface area contributed by atoms with E-state index in [4.69, 9.17) is 9.47 Å². The summed E-state index contributed by atoms with van der Waals surface area (Å²) in [6, 6.07) is 0. The Labute approximate surface area is 231 Å². The van der Waals surface area contributed by atoms with Crippen LogP contribution in [0.3, 0.4) is 0 Å². The van der Waals surface area contributed by atoms with Gasteiger partial charge in [-0.05, 0) is 12.8 Å². The quantitative estimate of drug-likeness (QED) is 0.112. The van der Waals surface area contributed by atoms with E-state index in [2.05, 4.69) is 23.8 Å². The fraction of sp³-hybridized carbons (Fsp3) is 0.939. The van der Waals surface area contributed by atoms with E-state index in [0.29, 0.717) is 0 Å². The fourth-order valence-electron chi connectivity index (χ4n) is 5.12. The molecule has 0 spiro atoms. The molecule has 0 N–H and O–H groups in total. The van der Waals surface area contributed by atoms with Gasteiger partial charge in [0.05, 0.1) is 13.1 Å². The first-order valence-corrected chi connectivity index (χ1v) is 16.7. The van der Waals surface area contributed by atoms with E-state index in [1.807, 2.05) is 0 Å². The highest BCUT2D eigenvalue weighted by atomic mass is 16.5. The lowest BCUT2D eigenvalue weighted by Gasteiger charge is -2.03. The van der Waals surface area contributed by atoms with Gasteiger partial charge in [-0.3, -0.25) is 9.98 Å². The van der Waals surface area contributed by atoms with E-state index < -0.39 is 0 Å². The van der Waals surface area contributed by atoms with Gasteiger partial charge in [0, 0.05) is 12.8 Å². The zero-order chi connectivity index (χ0) is 26.5. The molecule has 0 aromatic heterocycles. The van der Waals surface area contributed by atoms with E-state index in [1.54, 1.807) is 0 Å². The van der Waals surface area contributed by atoms with Gasteiger partial charge >= 0.3 is 0 Å². The van der Waals surface area contributed by atoms with Crippen molar-refractivity contribution in [1.82, 2.24) is 0 Å². The average molecular weight is 521 g/mol. The van der Waals surface area contributed by atoms with Crippen LogP contribution in [0.15, 0.2) is 9.98 Å². The summed E-state index contributed by atoms with van der Waals surface area (Å²) in [6.07, 6.45) is 34.4. The molecule has 0 aromatic rings. The molecule has 0 aliphatic carbocycles. The fourth-order valence-corrected chi connectivity index (χ4v) is 5.12. The Morgan fingerprint density at radius 3 is 0.919 bits per heavy atom. The second-order valence-electron chi connectivity index (χ2n) is 11.2. The van der Waals surface area contributed by atoms with Gasteiger partial charge in [0.2, 0.25) is 0 Å². The van der Waals surface area contributed by atoms with Gasteiger partial charge in [-0.2, -0.15) is 0 Å². The Kier molecular flexibility index (Phi) is 25.7. The van der Waals surface area contributed by atoms with Crippen molar-refractivity contribution in [1.29, 1.82) is 0 Å². The van der Waals surface area contributed by atoms with Crippen molar-refractivity contribution in [3.63, 3.8) is 0 Å². The van der Waals surface area contributed by atoms with Crippen molar-refractivity contribution in [2.24, 2.45) is 9.98 Å². The standard InChI is InChI=1S/C17H33NO.C16H31NO/c1-2-3-4-5-6-7-8-9-10-11-12-13-14-17-18-15-16-19-17;1-2-3-4-5-6-7-8-9-10-11-12-13-16-17-14-15-18-16/h2-16H2,1H3;2-15H2,1H3. The van der Waals surface area contributed by atoms with Crippen LogP contribution >= 0.6 is 0 Å². The molecule has 0 aromatic carbocycles. The number of rotatable bonds is 25. The van der Waals surface area contributed by atoms with E-state index in [0.717, 1.165) is 50.9 Å². The Morgan fingerprint density at radius 1 is 0.405 bits per heavy atom. The van der Waals surface area contributed by atoms with Gasteiger partial charge in [0.25, 0.3) is 0 Å². The van der Waals surface area contributed by atoms with Crippen molar-refractivity contribution >= 4 is 11.8 Å². The third kappa shape index (κ3) is 23.8. The second kappa shape index (κ2) is 28.0. The normalized spacial score (nSPS) is 14.5. The molecule has 0 fully saturated rings. The molecule has 2 heterocycles. The molecule has 4 heteroatoms. The summed E-state index contributed by atoms with van der Waals surface area (Å²) in [6.45, 7) is 7.95. The molecular weight excluding hydrogens is 456 g/mol. The molecule has 0 radical (unpaired) electrons. The third-order valence-electron chi connectivity index (χ3n) is 7.53. The molecule has 0 bridgehead atoms. The zero-order valence-electron chi connectivity index (χ0n) is 25.2. The number of hydrogen-bond donors (Lipinski definition) is 0. The van der Waals surface area contributed by atoms with Gasteiger partial charge in [0.15, 0.2) is 11.8 Å². The van der Waals surface area contributed by atoms with Crippen molar-refractivity contribution in [2.45, 2.75) is 174 Å². The van der Waals surface area contributed by atoms with Crippen LogP contribution in [-0.4, -0.2) is 38.1 Å². The van der Waals surface area contributed by atoms with Crippen molar-refractivity contribution in [2.75, 3.05) is 26.3 Å². The first-order valence-electron chi connectivity index (χ1n) is 16.7. The van der Waals surface area contributed by atoms with Gasteiger partial charge in [-0.15, -0.1) is 0 Å². The average Bonchev–Trinajstić information content (AvgIpc) is 3.63. The molecule has 0 atom stereocenters. The molecule has 0 unspecified atom stereocenters. The molecule has 218 valence electrons. The number of hydrogen-bond acceptors (Lipinski definition) is 4. The summed E-state index contributed by atoms with van der Waals surface area (Å²) in [5.41, 5.74) is 0. The van der Waals surface area contributed by atoms with Gasteiger partial charge < -0.3 is 9.47 Å². The van der Waals surface area contributed by atoms with Gasteiger partial charge in [-0.1, -0.05) is 149 Å². The highest BCUT2D eigenvalue weighted by molar-refractivity contribution is 5.77. The number of aliphatic imine (C=N–C) groups is 2. The minimum absolute atomic E-state index is 0.813. The van der Waals surface area contributed by atoms with E-state index in [-0.39, 0.29) is 0 Å². The monoisotopic (exact) mass is 520 g/mol. The van der Waals surface area contributed by atoms with Crippen molar-refractivity contribution in [3.05, 3.63) is 0 Å². The Balaban J connectivity index is 0.000000371.